The van der Waals surface area contributed by atoms with E-state index in [4.69, 9.17) is 4.63 Å². The highest BCUT2D eigenvalue weighted by Crippen LogP contribution is 2.26. The number of anilines is 1. The van der Waals surface area contributed by atoms with Gasteiger partial charge in [-0.1, -0.05) is 12.1 Å². The quantitative estimate of drug-likeness (QED) is 0.800. The number of carbonyl (C=O) groups excluding carboxylic acids is 1. The van der Waals surface area contributed by atoms with E-state index in [1.807, 2.05) is 32.0 Å². The van der Waals surface area contributed by atoms with Crippen LogP contribution in [0.4, 0.5) is 10.2 Å². The largest absolute Gasteiger partial charge is 0.302 e. The summed E-state index contributed by atoms with van der Waals surface area (Å²) in [6.45, 7) is 4.00. The number of carbonyl (C=O) groups is 1. The number of hydrogen-bond donors (Lipinski definition) is 1. The van der Waals surface area contributed by atoms with Crippen molar-refractivity contribution < 1.29 is 13.8 Å². The summed E-state index contributed by atoms with van der Waals surface area (Å²) in [5.41, 5.74) is 3.82. The van der Waals surface area contributed by atoms with E-state index in [1.54, 1.807) is 0 Å². The van der Waals surface area contributed by atoms with Gasteiger partial charge >= 0.3 is 0 Å². The van der Waals surface area contributed by atoms with E-state index in [-0.39, 0.29) is 5.82 Å². The molecule has 23 heavy (non-hydrogen) atoms. The molecule has 0 saturated heterocycles. The van der Waals surface area contributed by atoms with Gasteiger partial charge < -0.3 is 5.32 Å². The van der Waals surface area contributed by atoms with Crippen molar-refractivity contribution in [2.24, 2.45) is 0 Å². The van der Waals surface area contributed by atoms with E-state index in [0.717, 1.165) is 16.7 Å². The second-order valence-corrected chi connectivity index (χ2v) is 5.22. The topological polar surface area (TPSA) is 68.0 Å². The van der Waals surface area contributed by atoms with Crippen molar-refractivity contribution in [2.45, 2.75) is 13.8 Å². The Morgan fingerprint density at radius 3 is 2.48 bits per heavy atom. The van der Waals surface area contributed by atoms with Gasteiger partial charge in [-0.25, -0.2) is 9.02 Å². The summed E-state index contributed by atoms with van der Waals surface area (Å²) in [5, 5.41) is 10.2. The van der Waals surface area contributed by atoms with Gasteiger partial charge in [0, 0.05) is 11.1 Å². The Balaban J connectivity index is 1.87. The Kier molecular flexibility index (Phi) is 3.89. The number of aryl methyl sites for hydroxylation is 2. The SMILES string of the molecule is Cc1ccc(-c2nonc2NC(=O)c2ccc(F)cc2)cc1C. The van der Waals surface area contributed by atoms with Crippen LogP contribution in [0.15, 0.2) is 47.1 Å². The Morgan fingerprint density at radius 2 is 1.78 bits per heavy atom. The summed E-state index contributed by atoms with van der Waals surface area (Å²) in [6, 6.07) is 11.0. The molecule has 0 bridgehead atoms. The fourth-order valence-electron chi connectivity index (χ4n) is 2.13. The summed E-state index contributed by atoms with van der Waals surface area (Å²) in [4.78, 5) is 12.2. The van der Waals surface area contributed by atoms with Gasteiger partial charge in [0.15, 0.2) is 5.69 Å². The van der Waals surface area contributed by atoms with Crippen LogP contribution >= 0.6 is 0 Å². The number of benzene rings is 2. The second-order valence-electron chi connectivity index (χ2n) is 5.22. The Bertz CT molecular complexity index is 857. The number of amides is 1. The van der Waals surface area contributed by atoms with Gasteiger partial charge in [-0.05, 0) is 65.6 Å². The van der Waals surface area contributed by atoms with Crippen LogP contribution < -0.4 is 5.32 Å². The molecule has 5 nitrogen and oxygen atoms in total. The van der Waals surface area contributed by atoms with Gasteiger partial charge in [0.25, 0.3) is 5.91 Å². The molecular weight excluding hydrogens is 297 g/mol. The van der Waals surface area contributed by atoms with Gasteiger partial charge in [-0.15, -0.1) is 0 Å². The first-order valence-corrected chi connectivity index (χ1v) is 7.01. The van der Waals surface area contributed by atoms with Gasteiger partial charge in [-0.3, -0.25) is 4.79 Å². The molecule has 0 atom stereocenters. The van der Waals surface area contributed by atoms with Gasteiger partial charge in [0.1, 0.15) is 5.82 Å². The molecule has 0 aliphatic carbocycles. The number of aromatic nitrogens is 2. The zero-order chi connectivity index (χ0) is 16.4. The van der Waals surface area contributed by atoms with Crippen molar-refractivity contribution in [1.29, 1.82) is 0 Å². The van der Waals surface area contributed by atoms with Crippen molar-refractivity contribution in [3.63, 3.8) is 0 Å². The molecule has 2 aromatic carbocycles. The third-order valence-electron chi connectivity index (χ3n) is 3.61. The van der Waals surface area contributed by atoms with E-state index in [0.29, 0.717) is 11.3 Å². The Labute approximate surface area is 132 Å². The number of halogens is 1. The summed E-state index contributed by atoms with van der Waals surface area (Å²) in [5.74, 6) is -0.589. The lowest BCUT2D eigenvalue weighted by molar-refractivity contribution is 0.102. The summed E-state index contributed by atoms with van der Waals surface area (Å²) < 4.78 is 17.7. The molecular formula is C17H14FN3O2. The number of nitrogens with zero attached hydrogens (tertiary/aromatic N) is 2. The van der Waals surface area contributed by atoms with Gasteiger partial charge in [0.2, 0.25) is 5.82 Å². The fraction of sp³-hybridized carbons (Fsp3) is 0.118. The molecule has 1 amide bonds. The average molecular weight is 311 g/mol. The van der Waals surface area contributed by atoms with E-state index >= 15 is 0 Å². The molecule has 1 N–H and O–H groups in total. The molecule has 1 aromatic heterocycles. The molecule has 0 spiro atoms. The first kappa shape index (κ1) is 14.9. The lowest BCUT2D eigenvalue weighted by Gasteiger charge is -2.05. The van der Waals surface area contributed by atoms with E-state index in [1.165, 1.54) is 24.3 Å². The fourth-order valence-corrected chi connectivity index (χ4v) is 2.13. The van der Waals surface area contributed by atoms with Gasteiger partial charge in [-0.2, -0.15) is 0 Å². The van der Waals surface area contributed by atoms with Crippen molar-refractivity contribution in [3.05, 3.63) is 65.0 Å². The maximum atomic E-state index is 12.9. The Morgan fingerprint density at radius 1 is 1.04 bits per heavy atom. The molecule has 1 heterocycles. The monoisotopic (exact) mass is 311 g/mol. The van der Waals surface area contributed by atoms with Crippen LogP contribution in [0, 0.1) is 19.7 Å². The molecule has 0 radical (unpaired) electrons. The standard InChI is InChI=1S/C17H14FN3O2/c1-10-3-4-13(9-11(10)2)15-16(21-23-20-15)19-17(22)12-5-7-14(18)8-6-12/h3-9H,1-2H3,(H,19,21,22). The minimum atomic E-state index is -0.411. The highest BCUT2D eigenvalue weighted by atomic mass is 19.1. The number of hydrogen-bond acceptors (Lipinski definition) is 4. The molecule has 3 aromatic rings. The Hall–Kier alpha value is -3.02. The first-order chi connectivity index (χ1) is 11.0. The van der Waals surface area contributed by atoms with Crippen molar-refractivity contribution >= 4 is 11.7 Å². The maximum absolute atomic E-state index is 12.9. The van der Waals surface area contributed by atoms with E-state index in [9.17, 15) is 9.18 Å². The number of rotatable bonds is 3. The normalized spacial score (nSPS) is 10.6. The van der Waals surface area contributed by atoms with Crippen LogP contribution in [-0.4, -0.2) is 16.2 Å². The lowest BCUT2D eigenvalue weighted by atomic mass is 10.0. The van der Waals surface area contributed by atoms with E-state index in [2.05, 4.69) is 15.6 Å². The maximum Gasteiger partial charge on any atom is 0.256 e. The molecule has 0 fully saturated rings. The van der Waals surface area contributed by atoms with Crippen molar-refractivity contribution in [1.82, 2.24) is 10.3 Å². The minimum absolute atomic E-state index is 0.225. The van der Waals surface area contributed by atoms with Crippen LogP contribution in [0.1, 0.15) is 21.5 Å². The molecule has 116 valence electrons. The molecule has 0 unspecified atom stereocenters. The predicted molar refractivity (Wildman–Crippen MR) is 83.6 cm³/mol. The van der Waals surface area contributed by atoms with Crippen LogP contribution in [-0.2, 0) is 0 Å². The third kappa shape index (κ3) is 3.11. The van der Waals surface area contributed by atoms with Crippen LogP contribution in [0.2, 0.25) is 0 Å². The average Bonchev–Trinajstić information content (AvgIpc) is 2.99. The molecule has 0 saturated carbocycles. The summed E-state index contributed by atoms with van der Waals surface area (Å²) in [6.07, 6.45) is 0. The summed E-state index contributed by atoms with van der Waals surface area (Å²) >= 11 is 0. The highest BCUT2D eigenvalue weighted by molar-refractivity contribution is 6.05. The molecule has 3 rings (SSSR count). The lowest BCUT2D eigenvalue weighted by Crippen LogP contribution is -2.12. The molecule has 0 aliphatic heterocycles. The van der Waals surface area contributed by atoms with E-state index < -0.39 is 11.7 Å². The third-order valence-corrected chi connectivity index (χ3v) is 3.61. The smallest absolute Gasteiger partial charge is 0.256 e. The number of nitrogens with one attached hydrogen (secondary N) is 1. The molecule has 0 aliphatic rings. The second kappa shape index (κ2) is 6.00. The predicted octanol–water partition coefficient (Wildman–Crippen LogP) is 3.74. The highest BCUT2D eigenvalue weighted by Gasteiger charge is 2.16. The van der Waals surface area contributed by atoms with Crippen LogP contribution in [0.25, 0.3) is 11.3 Å². The molecule has 6 heteroatoms. The van der Waals surface area contributed by atoms with Crippen LogP contribution in [0.3, 0.4) is 0 Å². The minimum Gasteiger partial charge on any atom is -0.302 e. The summed E-state index contributed by atoms with van der Waals surface area (Å²) in [7, 11) is 0. The van der Waals surface area contributed by atoms with Gasteiger partial charge in [0.05, 0.1) is 0 Å². The first-order valence-electron chi connectivity index (χ1n) is 7.01. The van der Waals surface area contributed by atoms with Crippen LogP contribution in [0.5, 0.6) is 0 Å². The van der Waals surface area contributed by atoms with Crippen molar-refractivity contribution in [2.75, 3.05) is 5.32 Å². The van der Waals surface area contributed by atoms with Crippen molar-refractivity contribution in [3.8, 4) is 11.3 Å². The zero-order valence-electron chi connectivity index (χ0n) is 12.6. The zero-order valence-corrected chi connectivity index (χ0v) is 12.6.